The first-order valence-corrected chi connectivity index (χ1v) is 12.3. The molecule has 2 aliphatic heterocycles. The van der Waals surface area contributed by atoms with Gasteiger partial charge in [-0.1, -0.05) is 6.07 Å². The van der Waals surface area contributed by atoms with Crippen LogP contribution in [0.25, 0.3) is 10.9 Å². The summed E-state index contributed by atoms with van der Waals surface area (Å²) in [6.45, 7) is 10.3. The van der Waals surface area contributed by atoms with E-state index in [1.807, 2.05) is 31.2 Å². The lowest BCUT2D eigenvalue weighted by atomic mass is 9.97. The highest BCUT2D eigenvalue weighted by molar-refractivity contribution is 5.96. The number of hydrogen-bond acceptors (Lipinski definition) is 5. The Morgan fingerprint density at radius 3 is 2.59 bits per heavy atom. The summed E-state index contributed by atoms with van der Waals surface area (Å²) in [4.78, 5) is 32.6. The van der Waals surface area contributed by atoms with Crippen molar-refractivity contribution in [2.75, 3.05) is 49.5 Å². The number of nitrogens with zero attached hydrogens (tertiary/aromatic N) is 2. The molecule has 7 nitrogen and oxygen atoms in total. The molecule has 3 aromatic rings. The molecule has 34 heavy (non-hydrogen) atoms. The van der Waals surface area contributed by atoms with Gasteiger partial charge in [-0.2, -0.15) is 0 Å². The lowest BCUT2D eigenvalue weighted by molar-refractivity contribution is 0.0956. The third kappa shape index (κ3) is 4.40. The number of fused-ring (bicyclic) bond motifs is 3. The number of hydrogen-bond donors (Lipinski definition) is 3. The molecule has 0 atom stereocenters. The Morgan fingerprint density at radius 2 is 1.85 bits per heavy atom. The van der Waals surface area contributed by atoms with Crippen molar-refractivity contribution < 1.29 is 4.79 Å². The highest BCUT2D eigenvalue weighted by Gasteiger charge is 2.20. The molecule has 0 bridgehead atoms. The van der Waals surface area contributed by atoms with Crippen LogP contribution in [0, 0.1) is 6.92 Å². The summed E-state index contributed by atoms with van der Waals surface area (Å²) in [7, 11) is 0. The maximum Gasteiger partial charge on any atom is 0.253 e. The number of rotatable bonds is 5. The Morgan fingerprint density at radius 1 is 1.09 bits per heavy atom. The maximum atomic E-state index is 12.6. The molecule has 0 radical (unpaired) electrons. The van der Waals surface area contributed by atoms with E-state index in [2.05, 4.69) is 44.5 Å². The second-order valence-corrected chi connectivity index (χ2v) is 9.34. The SMILES string of the molecule is CCNC(=O)c1ccc(N2CCN(Cc3cc(C)c4c5c(c(=O)[nH]c4c3)CCCN5)CC2)cc1. The van der Waals surface area contributed by atoms with E-state index in [-0.39, 0.29) is 11.5 Å². The fourth-order valence-corrected chi connectivity index (χ4v) is 5.27. The van der Waals surface area contributed by atoms with Gasteiger partial charge in [0, 0.05) is 68.0 Å². The van der Waals surface area contributed by atoms with Crippen molar-refractivity contribution in [1.29, 1.82) is 0 Å². The molecule has 3 N–H and O–H groups in total. The number of benzene rings is 2. The van der Waals surface area contributed by atoms with E-state index < -0.39 is 0 Å². The maximum absolute atomic E-state index is 12.6. The molecule has 0 spiro atoms. The average Bonchev–Trinajstić information content (AvgIpc) is 2.85. The minimum absolute atomic E-state index is 0.0258. The molecule has 5 rings (SSSR count). The quantitative estimate of drug-likeness (QED) is 0.546. The lowest BCUT2D eigenvalue weighted by Crippen LogP contribution is -2.46. The zero-order valence-electron chi connectivity index (χ0n) is 20.0. The smallest absolute Gasteiger partial charge is 0.253 e. The van der Waals surface area contributed by atoms with Gasteiger partial charge in [-0.3, -0.25) is 14.5 Å². The van der Waals surface area contributed by atoms with E-state index in [0.29, 0.717) is 12.1 Å². The molecule has 1 saturated heterocycles. The summed E-state index contributed by atoms with van der Waals surface area (Å²) in [5, 5.41) is 7.46. The van der Waals surface area contributed by atoms with Gasteiger partial charge < -0.3 is 20.5 Å². The van der Waals surface area contributed by atoms with Crippen LogP contribution in [0.4, 0.5) is 11.4 Å². The van der Waals surface area contributed by atoms with Crippen LogP contribution in [-0.2, 0) is 13.0 Å². The zero-order valence-corrected chi connectivity index (χ0v) is 20.0. The van der Waals surface area contributed by atoms with Crippen molar-refractivity contribution in [3.8, 4) is 0 Å². The molecule has 1 amide bonds. The first kappa shape index (κ1) is 22.5. The van der Waals surface area contributed by atoms with E-state index in [9.17, 15) is 9.59 Å². The fourth-order valence-electron chi connectivity index (χ4n) is 5.27. The van der Waals surface area contributed by atoms with E-state index in [0.717, 1.165) is 80.0 Å². The Kier molecular flexibility index (Phi) is 6.28. The molecule has 2 aliphatic rings. The zero-order chi connectivity index (χ0) is 23.7. The van der Waals surface area contributed by atoms with E-state index in [1.54, 1.807) is 0 Å². The van der Waals surface area contributed by atoms with Crippen LogP contribution in [0.15, 0.2) is 41.2 Å². The van der Waals surface area contributed by atoms with Gasteiger partial charge in [0.05, 0.1) is 11.2 Å². The van der Waals surface area contributed by atoms with E-state index in [4.69, 9.17) is 0 Å². The Labute approximate surface area is 200 Å². The van der Waals surface area contributed by atoms with Gasteiger partial charge in [0.1, 0.15) is 0 Å². The molecule has 0 saturated carbocycles. The minimum Gasteiger partial charge on any atom is -0.384 e. The van der Waals surface area contributed by atoms with Gasteiger partial charge >= 0.3 is 0 Å². The Balaban J connectivity index is 1.26. The predicted octanol–water partition coefficient (Wildman–Crippen LogP) is 3.27. The molecule has 0 unspecified atom stereocenters. The summed E-state index contributed by atoms with van der Waals surface area (Å²) in [6.07, 6.45) is 1.84. The van der Waals surface area contributed by atoms with Gasteiger partial charge in [0.15, 0.2) is 0 Å². The van der Waals surface area contributed by atoms with Crippen LogP contribution in [0.1, 0.15) is 40.4 Å². The number of carbonyl (C=O) groups is 1. The normalized spacial score (nSPS) is 16.2. The van der Waals surface area contributed by atoms with Crippen molar-refractivity contribution >= 4 is 28.2 Å². The van der Waals surface area contributed by atoms with Crippen LogP contribution in [0.2, 0.25) is 0 Å². The first-order valence-electron chi connectivity index (χ1n) is 12.3. The molecule has 1 fully saturated rings. The molecular formula is C27H33N5O2. The highest BCUT2D eigenvalue weighted by Crippen LogP contribution is 2.31. The predicted molar refractivity (Wildman–Crippen MR) is 138 cm³/mol. The number of aromatic nitrogens is 1. The topological polar surface area (TPSA) is 80.5 Å². The number of amides is 1. The summed E-state index contributed by atoms with van der Waals surface area (Å²) in [5.74, 6) is -0.0258. The second-order valence-electron chi connectivity index (χ2n) is 9.34. The Bertz CT molecular complexity index is 1260. The van der Waals surface area contributed by atoms with Gasteiger partial charge in [0.2, 0.25) is 0 Å². The number of anilines is 2. The van der Waals surface area contributed by atoms with Crippen molar-refractivity contribution in [2.45, 2.75) is 33.2 Å². The lowest BCUT2D eigenvalue weighted by Gasteiger charge is -2.36. The number of pyridine rings is 1. The largest absolute Gasteiger partial charge is 0.384 e. The number of carbonyl (C=O) groups excluding carboxylic acids is 1. The third-order valence-electron chi connectivity index (χ3n) is 6.99. The number of nitrogens with one attached hydrogen (secondary N) is 3. The summed E-state index contributed by atoms with van der Waals surface area (Å²) in [6, 6.07) is 12.3. The number of aryl methyl sites for hydroxylation is 1. The van der Waals surface area contributed by atoms with Crippen molar-refractivity contribution in [3.63, 3.8) is 0 Å². The molecule has 2 aromatic carbocycles. The number of aromatic amines is 1. The summed E-state index contributed by atoms with van der Waals surface area (Å²) < 4.78 is 0. The van der Waals surface area contributed by atoms with E-state index >= 15 is 0 Å². The average molecular weight is 460 g/mol. The van der Waals surface area contributed by atoms with Crippen LogP contribution < -0.4 is 21.1 Å². The van der Waals surface area contributed by atoms with Gasteiger partial charge in [-0.25, -0.2) is 0 Å². The fraction of sp³-hybridized carbons (Fsp3) is 0.407. The molecular weight excluding hydrogens is 426 g/mol. The molecule has 3 heterocycles. The molecule has 0 aliphatic carbocycles. The van der Waals surface area contributed by atoms with Crippen LogP contribution >= 0.6 is 0 Å². The molecule has 7 heteroatoms. The first-order chi connectivity index (χ1) is 16.5. The van der Waals surface area contributed by atoms with Crippen LogP contribution in [0.5, 0.6) is 0 Å². The summed E-state index contributed by atoms with van der Waals surface area (Å²) >= 11 is 0. The van der Waals surface area contributed by atoms with Crippen molar-refractivity contribution in [3.05, 3.63) is 69.0 Å². The monoisotopic (exact) mass is 459 g/mol. The second kappa shape index (κ2) is 9.50. The summed E-state index contributed by atoms with van der Waals surface area (Å²) in [5.41, 5.74) is 7.19. The van der Waals surface area contributed by atoms with Crippen LogP contribution in [0.3, 0.4) is 0 Å². The van der Waals surface area contributed by atoms with Crippen LogP contribution in [-0.4, -0.2) is 55.1 Å². The van der Waals surface area contributed by atoms with Crippen molar-refractivity contribution in [1.82, 2.24) is 15.2 Å². The minimum atomic E-state index is -0.0258. The van der Waals surface area contributed by atoms with E-state index in [1.165, 1.54) is 11.1 Å². The van der Waals surface area contributed by atoms with Crippen molar-refractivity contribution in [2.24, 2.45) is 0 Å². The number of H-pyrrole nitrogens is 1. The van der Waals surface area contributed by atoms with Gasteiger partial charge in [0.25, 0.3) is 11.5 Å². The third-order valence-corrected chi connectivity index (χ3v) is 6.99. The van der Waals surface area contributed by atoms with Gasteiger partial charge in [-0.15, -0.1) is 0 Å². The van der Waals surface area contributed by atoms with Gasteiger partial charge in [-0.05, 0) is 68.1 Å². The number of piperazine rings is 1. The molecule has 1 aromatic heterocycles. The standard InChI is InChI=1S/C27H33N5O2/c1-3-28-26(33)20-6-8-21(9-7-20)32-13-11-31(12-14-32)17-19-15-18(2)24-23(16-19)30-27(34)22-5-4-10-29-25(22)24/h6-9,15-16,29H,3-5,10-14,17H2,1-2H3,(H,28,33)(H,30,34). The molecule has 178 valence electrons. The highest BCUT2D eigenvalue weighted by atomic mass is 16.1. The Hall–Kier alpha value is -3.32.